The van der Waals surface area contributed by atoms with Crippen LogP contribution in [0, 0.1) is 6.92 Å². The molecule has 0 saturated carbocycles. The molecular weight excluding hydrogens is 282 g/mol. The van der Waals surface area contributed by atoms with Gasteiger partial charge in [-0.3, -0.25) is 4.68 Å². The molecule has 0 amide bonds. The lowest BCUT2D eigenvalue weighted by Gasteiger charge is -2.07. The van der Waals surface area contributed by atoms with Crippen molar-refractivity contribution >= 4 is 39.0 Å². The Bertz CT molecular complexity index is 733. The number of halogens is 1. The van der Waals surface area contributed by atoms with Crippen LogP contribution in [-0.4, -0.2) is 19.7 Å². The van der Waals surface area contributed by atoms with Gasteiger partial charge >= 0.3 is 0 Å². The number of nitrogens with one attached hydrogen (secondary N) is 1. The van der Waals surface area contributed by atoms with Crippen molar-refractivity contribution in [1.82, 2.24) is 19.7 Å². The molecular formula is C12H12ClN5S. The molecule has 0 aliphatic carbocycles. The minimum atomic E-state index is 0.266. The van der Waals surface area contributed by atoms with Crippen molar-refractivity contribution in [3.05, 3.63) is 34.2 Å². The fourth-order valence-electron chi connectivity index (χ4n) is 1.90. The molecule has 5 nitrogen and oxygen atoms in total. The van der Waals surface area contributed by atoms with Gasteiger partial charge in [0, 0.05) is 18.1 Å². The van der Waals surface area contributed by atoms with E-state index in [0.29, 0.717) is 6.54 Å². The fraction of sp³-hybridized carbons (Fsp3) is 0.250. The summed E-state index contributed by atoms with van der Waals surface area (Å²) in [4.78, 5) is 10.6. The predicted octanol–water partition coefficient (Wildman–Crippen LogP) is 3.00. The van der Waals surface area contributed by atoms with Gasteiger partial charge in [0.2, 0.25) is 5.28 Å². The van der Waals surface area contributed by atoms with Crippen LogP contribution in [0.15, 0.2) is 18.3 Å². The van der Waals surface area contributed by atoms with Crippen LogP contribution in [0.5, 0.6) is 0 Å². The summed E-state index contributed by atoms with van der Waals surface area (Å²) in [5.74, 6) is 0.764. The van der Waals surface area contributed by atoms with E-state index in [2.05, 4.69) is 26.4 Å². The van der Waals surface area contributed by atoms with Crippen LogP contribution >= 0.6 is 22.9 Å². The monoisotopic (exact) mass is 293 g/mol. The van der Waals surface area contributed by atoms with Gasteiger partial charge in [-0.1, -0.05) is 0 Å². The largest absolute Gasteiger partial charge is 0.364 e. The normalized spacial score (nSPS) is 11.1. The highest BCUT2D eigenvalue weighted by molar-refractivity contribution is 7.18. The van der Waals surface area contributed by atoms with Crippen LogP contribution in [0.1, 0.15) is 10.6 Å². The summed E-state index contributed by atoms with van der Waals surface area (Å²) in [5, 5.41) is 8.70. The Balaban J connectivity index is 1.94. The smallest absolute Gasteiger partial charge is 0.225 e. The van der Waals surface area contributed by atoms with Crippen molar-refractivity contribution in [2.45, 2.75) is 13.5 Å². The number of hydrogen-bond acceptors (Lipinski definition) is 5. The summed E-state index contributed by atoms with van der Waals surface area (Å²) in [5.41, 5.74) is 1.08. The minimum Gasteiger partial charge on any atom is -0.364 e. The van der Waals surface area contributed by atoms with E-state index >= 15 is 0 Å². The first-order valence-electron chi connectivity index (χ1n) is 5.78. The molecule has 0 spiro atoms. The Hall–Kier alpha value is -1.66. The number of fused-ring (bicyclic) bond motifs is 1. The maximum atomic E-state index is 5.95. The predicted molar refractivity (Wildman–Crippen MR) is 77.7 cm³/mol. The average molecular weight is 294 g/mol. The number of anilines is 1. The Kier molecular flexibility index (Phi) is 3.12. The SMILES string of the molecule is Cc1cc2c(NCc3ccnn3C)nc(Cl)nc2s1. The van der Waals surface area contributed by atoms with Crippen molar-refractivity contribution in [3.8, 4) is 0 Å². The third kappa shape index (κ3) is 2.41. The zero-order valence-electron chi connectivity index (χ0n) is 10.5. The first kappa shape index (κ1) is 12.4. The van der Waals surface area contributed by atoms with Crippen molar-refractivity contribution in [2.75, 3.05) is 5.32 Å². The number of aryl methyl sites for hydroxylation is 2. The maximum Gasteiger partial charge on any atom is 0.225 e. The second kappa shape index (κ2) is 4.79. The van der Waals surface area contributed by atoms with Crippen molar-refractivity contribution in [2.24, 2.45) is 7.05 Å². The van der Waals surface area contributed by atoms with Crippen molar-refractivity contribution < 1.29 is 0 Å². The highest BCUT2D eigenvalue weighted by Gasteiger charge is 2.10. The number of nitrogens with zero attached hydrogens (tertiary/aromatic N) is 4. The standard InChI is InChI=1S/C12H12ClN5S/c1-7-5-9-10(16-12(13)17-11(9)19-7)14-6-8-3-4-15-18(8)2/h3-5H,6H2,1-2H3,(H,14,16,17). The van der Waals surface area contributed by atoms with Gasteiger partial charge in [-0.2, -0.15) is 5.10 Å². The number of rotatable bonds is 3. The van der Waals surface area contributed by atoms with Gasteiger partial charge in [0.15, 0.2) is 0 Å². The van der Waals surface area contributed by atoms with Gasteiger partial charge in [-0.25, -0.2) is 9.97 Å². The van der Waals surface area contributed by atoms with Crippen LogP contribution in [-0.2, 0) is 13.6 Å². The molecule has 3 rings (SSSR count). The van der Waals surface area contributed by atoms with Gasteiger partial charge < -0.3 is 5.32 Å². The molecule has 1 N–H and O–H groups in total. The van der Waals surface area contributed by atoms with E-state index in [1.807, 2.05) is 24.7 Å². The van der Waals surface area contributed by atoms with E-state index < -0.39 is 0 Å². The summed E-state index contributed by atoms with van der Waals surface area (Å²) in [6, 6.07) is 4.04. The quantitative estimate of drug-likeness (QED) is 0.754. The zero-order chi connectivity index (χ0) is 13.4. The van der Waals surface area contributed by atoms with Crippen molar-refractivity contribution in [3.63, 3.8) is 0 Å². The third-order valence-corrected chi connectivity index (χ3v) is 3.96. The lowest BCUT2D eigenvalue weighted by molar-refractivity contribution is 0.720. The molecule has 0 aromatic carbocycles. The Morgan fingerprint density at radius 1 is 1.42 bits per heavy atom. The lowest BCUT2D eigenvalue weighted by atomic mass is 10.3. The molecule has 0 fully saturated rings. The first-order valence-corrected chi connectivity index (χ1v) is 6.97. The topological polar surface area (TPSA) is 55.6 Å². The van der Waals surface area contributed by atoms with E-state index in [1.165, 1.54) is 4.88 Å². The number of hydrogen-bond donors (Lipinski definition) is 1. The third-order valence-electron chi connectivity index (χ3n) is 2.85. The van der Waals surface area contributed by atoms with Crippen LogP contribution in [0.2, 0.25) is 5.28 Å². The molecule has 3 heterocycles. The van der Waals surface area contributed by atoms with Crippen LogP contribution in [0.4, 0.5) is 5.82 Å². The van der Waals surface area contributed by atoms with E-state index in [0.717, 1.165) is 21.7 Å². The van der Waals surface area contributed by atoms with Gasteiger partial charge in [-0.15, -0.1) is 11.3 Å². The van der Waals surface area contributed by atoms with E-state index in [9.17, 15) is 0 Å². The molecule has 98 valence electrons. The molecule has 3 aromatic rings. The summed E-state index contributed by atoms with van der Waals surface area (Å²) >= 11 is 7.57. The summed E-state index contributed by atoms with van der Waals surface area (Å²) in [6.45, 7) is 2.69. The summed E-state index contributed by atoms with van der Waals surface area (Å²) in [6.07, 6.45) is 1.77. The van der Waals surface area contributed by atoms with Crippen LogP contribution in [0.3, 0.4) is 0 Å². The number of thiophene rings is 1. The fourth-order valence-corrected chi connectivity index (χ4v) is 3.00. The summed E-state index contributed by atoms with van der Waals surface area (Å²) in [7, 11) is 1.91. The second-order valence-electron chi connectivity index (χ2n) is 4.22. The zero-order valence-corrected chi connectivity index (χ0v) is 12.1. The molecule has 0 aliphatic rings. The average Bonchev–Trinajstić information content (AvgIpc) is 2.91. The molecule has 7 heteroatoms. The number of aromatic nitrogens is 4. The molecule has 0 bridgehead atoms. The molecule has 0 aliphatic heterocycles. The Morgan fingerprint density at radius 2 is 2.26 bits per heavy atom. The van der Waals surface area contributed by atoms with Gasteiger partial charge in [0.05, 0.1) is 17.6 Å². The van der Waals surface area contributed by atoms with E-state index in [-0.39, 0.29) is 5.28 Å². The lowest BCUT2D eigenvalue weighted by Crippen LogP contribution is -2.07. The first-order chi connectivity index (χ1) is 9.13. The second-order valence-corrected chi connectivity index (χ2v) is 5.79. The minimum absolute atomic E-state index is 0.266. The van der Waals surface area contributed by atoms with Crippen molar-refractivity contribution in [1.29, 1.82) is 0 Å². The maximum absolute atomic E-state index is 5.95. The molecule has 0 radical (unpaired) electrons. The van der Waals surface area contributed by atoms with Gasteiger partial charge in [-0.05, 0) is 30.7 Å². The molecule has 0 unspecified atom stereocenters. The van der Waals surface area contributed by atoms with E-state index in [4.69, 9.17) is 11.6 Å². The molecule has 3 aromatic heterocycles. The van der Waals surface area contributed by atoms with Crippen LogP contribution in [0.25, 0.3) is 10.2 Å². The summed E-state index contributed by atoms with van der Waals surface area (Å²) < 4.78 is 1.83. The Labute approximate surface area is 119 Å². The van der Waals surface area contributed by atoms with E-state index in [1.54, 1.807) is 17.5 Å². The highest BCUT2D eigenvalue weighted by Crippen LogP contribution is 2.29. The van der Waals surface area contributed by atoms with Gasteiger partial charge in [0.25, 0.3) is 0 Å². The molecule has 19 heavy (non-hydrogen) atoms. The molecule has 0 atom stereocenters. The highest BCUT2D eigenvalue weighted by atomic mass is 35.5. The van der Waals surface area contributed by atoms with Gasteiger partial charge in [0.1, 0.15) is 10.6 Å². The van der Waals surface area contributed by atoms with Crippen LogP contribution < -0.4 is 5.32 Å². The Morgan fingerprint density at radius 3 is 3.00 bits per heavy atom. The molecule has 0 saturated heterocycles.